The zero-order valence-corrected chi connectivity index (χ0v) is 22.3. The number of hydrogen-bond donors (Lipinski definition) is 3. The first kappa shape index (κ1) is 27.1. The lowest BCUT2D eigenvalue weighted by Crippen LogP contribution is -2.38. The Hall–Kier alpha value is -2.98. The largest absolute Gasteiger partial charge is 0.444 e. The van der Waals surface area contributed by atoms with Crippen molar-refractivity contribution in [1.82, 2.24) is 20.3 Å². The van der Waals surface area contributed by atoms with Crippen molar-refractivity contribution in [1.29, 1.82) is 0 Å². The van der Waals surface area contributed by atoms with Gasteiger partial charge in [-0.2, -0.15) is 0 Å². The molecule has 10 nitrogen and oxygen atoms in total. The molecule has 2 aromatic rings. The van der Waals surface area contributed by atoms with E-state index < -0.39 is 11.7 Å². The first-order valence-electron chi connectivity index (χ1n) is 12.8. The average molecular weight is 531 g/mol. The topological polar surface area (TPSA) is 127 Å². The summed E-state index contributed by atoms with van der Waals surface area (Å²) in [7, 11) is 0. The predicted molar refractivity (Wildman–Crippen MR) is 141 cm³/mol. The molecule has 0 spiro atoms. The molecule has 2 aromatic heterocycles. The molecule has 2 aliphatic rings. The van der Waals surface area contributed by atoms with Crippen LogP contribution in [0.1, 0.15) is 52.9 Å². The molecule has 0 aromatic carbocycles. The molecule has 2 atom stereocenters. The smallest absolute Gasteiger partial charge is 0.407 e. The third-order valence-electron chi connectivity index (χ3n) is 6.45. The van der Waals surface area contributed by atoms with Gasteiger partial charge in [-0.1, -0.05) is 11.6 Å². The van der Waals surface area contributed by atoms with Gasteiger partial charge in [-0.15, -0.1) is 0 Å². The number of hydrogen-bond acceptors (Lipinski definition) is 8. The Balaban J connectivity index is 1.35. The molecule has 2 fully saturated rings. The lowest BCUT2D eigenvalue weighted by Gasteiger charge is -2.22. The molecule has 1 aliphatic carbocycles. The number of carbonyl (C=O) groups excluding carboxylic acids is 2. The van der Waals surface area contributed by atoms with Gasteiger partial charge in [0.05, 0.1) is 23.1 Å². The summed E-state index contributed by atoms with van der Waals surface area (Å²) >= 11 is 6.43. The first-order valence-corrected chi connectivity index (χ1v) is 13.1. The number of halogens is 1. The molecule has 0 radical (unpaired) electrons. The van der Waals surface area contributed by atoms with Gasteiger partial charge in [0, 0.05) is 43.5 Å². The summed E-state index contributed by atoms with van der Waals surface area (Å²) in [6, 6.07) is 1.60. The fourth-order valence-corrected chi connectivity index (χ4v) is 4.74. The highest BCUT2D eigenvalue weighted by atomic mass is 35.5. The van der Waals surface area contributed by atoms with E-state index in [-0.39, 0.29) is 17.9 Å². The van der Waals surface area contributed by atoms with E-state index in [2.05, 4.69) is 30.9 Å². The highest BCUT2D eigenvalue weighted by molar-refractivity contribution is 6.33. The number of nitrogens with one attached hydrogen (secondary N) is 3. The normalized spacial score (nSPS) is 20.3. The Bertz CT molecular complexity index is 1100. The van der Waals surface area contributed by atoms with Gasteiger partial charge in [-0.3, -0.25) is 9.78 Å². The number of alkyl carbamates (subject to hydrolysis) is 1. The van der Waals surface area contributed by atoms with Crippen LogP contribution in [0.4, 0.5) is 16.4 Å². The molecule has 200 valence electrons. The second-order valence-corrected chi connectivity index (χ2v) is 11.0. The van der Waals surface area contributed by atoms with Gasteiger partial charge in [-0.05, 0) is 64.9 Å². The van der Waals surface area contributed by atoms with Gasteiger partial charge in [0.25, 0.3) is 0 Å². The number of aromatic nitrogens is 3. The molecule has 4 rings (SSSR count). The monoisotopic (exact) mass is 530 g/mol. The van der Waals surface area contributed by atoms with Gasteiger partial charge >= 0.3 is 6.09 Å². The first-order chi connectivity index (χ1) is 17.7. The number of nitrogens with zero attached hydrogens (tertiary/aromatic N) is 3. The minimum Gasteiger partial charge on any atom is -0.444 e. The summed E-state index contributed by atoms with van der Waals surface area (Å²) in [6.45, 7) is 7.84. The van der Waals surface area contributed by atoms with Crippen LogP contribution < -0.4 is 16.0 Å². The highest BCUT2D eigenvalue weighted by Crippen LogP contribution is 2.30. The Kier molecular flexibility index (Phi) is 8.81. The van der Waals surface area contributed by atoms with Crippen molar-refractivity contribution in [3.05, 3.63) is 29.7 Å². The Labute approximate surface area is 222 Å². The molecule has 1 saturated heterocycles. The zero-order chi connectivity index (χ0) is 26.4. The molecule has 3 heterocycles. The van der Waals surface area contributed by atoms with Crippen LogP contribution in [0.5, 0.6) is 0 Å². The van der Waals surface area contributed by atoms with E-state index in [1.807, 2.05) is 20.8 Å². The van der Waals surface area contributed by atoms with Crippen LogP contribution in [-0.2, 0) is 14.3 Å². The minimum absolute atomic E-state index is 0.106. The van der Waals surface area contributed by atoms with Crippen LogP contribution >= 0.6 is 11.6 Å². The zero-order valence-electron chi connectivity index (χ0n) is 21.6. The molecule has 3 N–H and O–H groups in total. The third kappa shape index (κ3) is 8.00. The van der Waals surface area contributed by atoms with Crippen LogP contribution in [0, 0.1) is 11.8 Å². The Morgan fingerprint density at radius 2 is 1.89 bits per heavy atom. The van der Waals surface area contributed by atoms with Gasteiger partial charge < -0.3 is 25.4 Å². The van der Waals surface area contributed by atoms with Crippen molar-refractivity contribution in [3.63, 3.8) is 0 Å². The number of anilines is 2. The third-order valence-corrected chi connectivity index (χ3v) is 6.76. The summed E-state index contributed by atoms with van der Waals surface area (Å²) < 4.78 is 10.7. The van der Waals surface area contributed by atoms with Crippen LogP contribution in [0.2, 0.25) is 5.02 Å². The van der Waals surface area contributed by atoms with E-state index in [9.17, 15) is 9.59 Å². The van der Waals surface area contributed by atoms with Crippen LogP contribution in [0.3, 0.4) is 0 Å². The summed E-state index contributed by atoms with van der Waals surface area (Å²) in [5.41, 5.74) is 0.648. The van der Waals surface area contributed by atoms with Gasteiger partial charge in [0.2, 0.25) is 5.91 Å². The Morgan fingerprint density at radius 3 is 2.65 bits per heavy atom. The standard InChI is InChI=1S/C26H35ClN6O4/c1-26(2,3)37-25(35)31-18-5-4-17(10-18)24(34)33-22-11-19(20(27)13-30-22)21-14-28-15-23(32-21)29-12-16-6-8-36-9-7-16/h11,13-18H,4-10,12H2,1-3H3,(H,29,32)(H,31,35)(H,30,33,34)/t17-,18+/m0/s1. The maximum Gasteiger partial charge on any atom is 0.407 e. The van der Waals surface area contributed by atoms with Crippen molar-refractivity contribution >= 4 is 35.2 Å². The molecule has 1 aliphatic heterocycles. The van der Waals surface area contributed by atoms with E-state index in [1.165, 1.54) is 6.20 Å². The summed E-state index contributed by atoms with van der Waals surface area (Å²) in [6.07, 6.45) is 8.32. The predicted octanol–water partition coefficient (Wildman–Crippen LogP) is 4.66. The lowest BCUT2D eigenvalue weighted by molar-refractivity contribution is -0.119. The van der Waals surface area contributed by atoms with Crippen molar-refractivity contribution in [2.75, 3.05) is 30.4 Å². The summed E-state index contributed by atoms with van der Waals surface area (Å²) in [5, 5.41) is 9.52. The van der Waals surface area contributed by atoms with E-state index >= 15 is 0 Å². The number of amides is 2. The van der Waals surface area contributed by atoms with Crippen molar-refractivity contribution in [2.45, 2.75) is 64.5 Å². The lowest BCUT2D eigenvalue weighted by atomic mass is 10.0. The Morgan fingerprint density at radius 1 is 1.11 bits per heavy atom. The fourth-order valence-electron chi connectivity index (χ4n) is 4.54. The summed E-state index contributed by atoms with van der Waals surface area (Å²) in [5.74, 6) is 1.21. The van der Waals surface area contributed by atoms with Crippen LogP contribution in [0.15, 0.2) is 24.7 Å². The molecular formula is C26H35ClN6O4. The molecule has 2 amide bonds. The van der Waals surface area contributed by atoms with Crippen molar-refractivity contribution < 1.29 is 19.1 Å². The summed E-state index contributed by atoms with van der Waals surface area (Å²) in [4.78, 5) is 38.2. The van der Waals surface area contributed by atoms with Gasteiger partial charge in [-0.25, -0.2) is 14.8 Å². The van der Waals surface area contributed by atoms with E-state index in [0.29, 0.717) is 53.1 Å². The van der Waals surface area contributed by atoms with Crippen molar-refractivity contribution in [2.24, 2.45) is 11.8 Å². The SMILES string of the molecule is CC(C)(C)OC(=O)N[C@@H]1CC[C@H](C(=O)Nc2cc(-c3cncc(NCC4CCOCC4)n3)c(Cl)cn2)C1. The molecule has 0 unspecified atom stereocenters. The van der Waals surface area contributed by atoms with Crippen LogP contribution in [0.25, 0.3) is 11.3 Å². The van der Waals surface area contributed by atoms with E-state index in [4.69, 9.17) is 21.1 Å². The fraction of sp³-hybridized carbons (Fsp3) is 0.577. The molecule has 37 heavy (non-hydrogen) atoms. The maximum absolute atomic E-state index is 12.9. The van der Waals surface area contributed by atoms with Gasteiger partial charge in [0.15, 0.2) is 0 Å². The number of carbonyl (C=O) groups is 2. The minimum atomic E-state index is -0.567. The van der Waals surface area contributed by atoms with Crippen LogP contribution in [-0.4, -0.2) is 58.4 Å². The molecular weight excluding hydrogens is 496 g/mol. The number of pyridine rings is 1. The number of rotatable bonds is 7. The van der Waals surface area contributed by atoms with Crippen molar-refractivity contribution in [3.8, 4) is 11.3 Å². The quantitative estimate of drug-likeness (QED) is 0.471. The van der Waals surface area contributed by atoms with E-state index in [1.54, 1.807) is 18.5 Å². The maximum atomic E-state index is 12.9. The second-order valence-electron chi connectivity index (χ2n) is 10.6. The van der Waals surface area contributed by atoms with E-state index in [0.717, 1.165) is 32.6 Å². The number of ether oxygens (including phenoxy) is 2. The second kappa shape index (κ2) is 12.0. The average Bonchev–Trinajstić information content (AvgIpc) is 3.32. The molecule has 11 heteroatoms. The molecule has 1 saturated carbocycles. The molecule has 0 bridgehead atoms. The highest BCUT2D eigenvalue weighted by Gasteiger charge is 2.32. The van der Waals surface area contributed by atoms with Gasteiger partial charge in [0.1, 0.15) is 17.2 Å².